The Balaban J connectivity index is 3.03. The highest BCUT2D eigenvalue weighted by Crippen LogP contribution is 2.23. The molecule has 0 spiro atoms. The van der Waals surface area contributed by atoms with Crippen molar-refractivity contribution >= 4 is 0 Å². The number of methoxy groups -OCH3 is 2. The lowest BCUT2D eigenvalue weighted by Gasteiger charge is -2.27. The molecule has 0 amide bonds. The van der Waals surface area contributed by atoms with E-state index in [0.29, 0.717) is 0 Å². The number of likely N-dealkylation sites (N-methyl/N-ethyl adjacent to an activating group) is 1. The van der Waals surface area contributed by atoms with E-state index in [9.17, 15) is 4.39 Å². The summed E-state index contributed by atoms with van der Waals surface area (Å²) < 4.78 is 23.6. The molecule has 0 aliphatic rings. The Morgan fingerprint density at radius 1 is 1.29 bits per heavy atom. The summed E-state index contributed by atoms with van der Waals surface area (Å²) in [6, 6.07) is 4.63. The van der Waals surface area contributed by atoms with Crippen molar-refractivity contribution < 1.29 is 13.9 Å². The van der Waals surface area contributed by atoms with Gasteiger partial charge in [0.2, 0.25) is 0 Å². The summed E-state index contributed by atoms with van der Waals surface area (Å²) in [4.78, 5) is 0. The predicted octanol–water partition coefficient (Wildman–Crippen LogP) is 2.40. The summed E-state index contributed by atoms with van der Waals surface area (Å²) in [6.07, 6.45) is -0.390. The van der Waals surface area contributed by atoms with Gasteiger partial charge < -0.3 is 14.8 Å². The van der Waals surface area contributed by atoms with Crippen molar-refractivity contribution in [2.45, 2.75) is 26.2 Å². The quantitative estimate of drug-likeness (QED) is 0.776. The molecule has 1 aromatic rings. The smallest absolute Gasteiger partial charge is 0.176 e. The number of aryl methyl sites for hydroxylation is 1. The standard InChI is InChI=1S/C13H20FNO2/c1-5-15-12(13(16-3)17-4)11-7-6-10(14)8-9(11)2/h6-8,12-13,15H,5H2,1-4H3. The van der Waals surface area contributed by atoms with Gasteiger partial charge in [0.25, 0.3) is 0 Å². The molecule has 0 aromatic heterocycles. The van der Waals surface area contributed by atoms with E-state index >= 15 is 0 Å². The molecule has 4 heteroatoms. The first-order valence-electron chi connectivity index (χ1n) is 5.69. The lowest BCUT2D eigenvalue weighted by atomic mass is 10.0. The Morgan fingerprint density at radius 2 is 1.94 bits per heavy atom. The van der Waals surface area contributed by atoms with Crippen LogP contribution in [0, 0.1) is 12.7 Å². The average molecular weight is 241 g/mol. The Bertz CT molecular complexity index is 353. The summed E-state index contributed by atoms with van der Waals surface area (Å²) in [6.45, 7) is 4.67. The zero-order valence-corrected chi connectivity index (χ0v) is 10.8. The maximum Gasteiger partial charge on any atom is 0.176 e. The Kier molecular flexibility index (Phi) is 5.55. The molecular formula is C13H20FNO2. The van der Waals surface area contributed by atoms with Crippen LogP contribution in [0.2, 0.25) is 0 Å². The minimum atomic E-state index is -0.390. The fourth-order valence-electron chi connectivity index (χ4n) is 1.93. The van der Waals surface area contributed by atoms with Crippen molar-refractivity contribution in [3.05, 3.63) is 35.1 Å². The van der Waals surface area contributed by atoms with Crippen LogP contribution in [0.4, 0.5) is 4.39 Å². The van der Waals surface area contributed by atoms with Crippen LogP contribution in [0.15, 0.2) is 18.2 Å². The zero-order valence-electron chi connectivity index (χ0n) is 10.8. The van der Waals surface area contributed by atoms with Gasteiger partial charge in [0.15, 0.2) is 6.29 Å². The van der Waals surface area contributed by atoms with Crippen LogP contribution in [0.25, 0.3) is 0 Å². The highest BCUT2D eigenvalue weighted by atomic mass is 19.1. The first-order valence-corrected chi connectivity index (χ1v) is 5.69. The lowest BCUT2D eigenvalue weighted by Crippen LogP contribution is -2.35. The van der Waals surface area contributed by atoms with E-state index in [2.05, 4.69) is 5.32 Å². The largest absolute Gasteiger partial charge is 0.354 e. The van der Waals surface area contributed by atoms with Gasteiger partial charge in [0.05, 0.1) is 6.04 Å². The van der Waals surface area contributed by atoms with Crippen molar-refractivity contribution in [3.63, 3.8) is 0 Å². The van der Waals surface area contributed by atoms with Gasteiger partial charge in [-0.05, 0) is 36.7 Å². The molecule has 0 heterocycles. The second-order valence-corrected chi connectivity index (χ2v) is 3.88. The van der Waals surface area contributed by atoms with Gasteiger partial charge in [-0.1, -0.05) is 13.0 Å². The fraction of sp³-hybridized carbons (Fsp3) is 0.538. The predicted molar refractivity (Wildman–Crippen MR) is 65.4 cm³/mol. The second kappa shape index (κ2) is 6.69. The van der Waals surface area contributed by atoms with Crippen LogP contribution < -0.4 is 5.32 Å². The Morgan fingerprint density at radius 3 is 2.41 bits per heavy atom. The zero-order chi connectivity index (χ0) is 12.8. The van der Waals surface area contributed by atoms with Gasteiger partial charge in [-0.15, -0.1) is 0 Å². The normalized spacial score (nSPS) is 13.1. The second-order valence-electron chi connectivity index (χ2n) is 3.88. The summed E-state index contributed by atoms with van der Waals surface area (Å²) >= 11 is 0. The Hall–Kier alpha value is -0.970. The number of nitrogens with one attached hydrogen (secondary N) is 1. The van der Waals surface area contributed by atoms with Gasteiger partial charge in [0, 0.05) is 14.2 Å². The molecule has 3 nitrogen and oxygen atoms in total. The highest BCUT2D eigenvalue weighted by molar-refractivity contribution is 5.30. The van der Waals surface area contributed by atoms with Gasteiger partial charge in [-0.3, -0.25) is 0 Å². The molecule has 0 radical (unpaired) electrons. The molecule has 96 valence electrons. The number of benzene rings is 1. The van der Waals surface area contributed by atoms with Crippen LogP contribution in [0.3, 0.4) is 0 Å². The van der Waals surface area contributed by atoms with Crippen molar-refractivity contribution in [1.82, 2.24) is 5.32 Å². The molecule has 0 saturated carbocycles. The van der Waals surface area contributed by atoms with Crippen molar-refractivity contribution in [3.8, 4) is 0 Å². The fourth-order valence-corrected chi connectivity index (χ4v) is 1.93. The van der Waals surface area contributed by atoms with Gasteiger partial charge in [-0.2, -0.15) is 0 Å². The molecule has 0 fully saturated rings. The molecule has 17 heavy (non-hydrogen) atoms. The van der Waals surface area contributed by atoms with E-state index in [0.717, 1.165) is 17.7 Å². The summed E-state index contributed by atoms with van der Waals surface area (Å²) in [5.41, 5.74) is 1.87. The molecule has 0 saturated heterocycles. The number of rotatable bonds is 6. The molecule has 1 rings (SSSR count). The maximum atomic E-state index is 13.1. The first-order chi connectivity index (χ1) is 8.13. The van der Waals surface area contributed by atoms with Crippen molar-refractivity contribution in [1.29, 1.82) is 0 Å². The lowest BCUT2D eigenvalue weighted by molar-refractivity contribution is -0.124. The summed E-state index contributed by atoms with van der Waals surface area (Å²) in [7, 11) is 3.19. The van der Waals surface area contributed by atoms with E-state index in [1.807, 2.05) is 13.8 Å². The van der Waals surface area contributed by atoms with Crippen molar-refractivity contribution in [2.75, 3.05) is 20.8 Å². The van der Waals surface area contributed by atoms with E-state index in [4.69, 9.17) is 9.47 Å². The molecule has 1 N–H and O–H groups in total. The van der Waals surface area contributed by atoms with E-state index in [1.165, 1.54) is 12.1 Å². The van der Waals surface area contributed by atoms with E-state index in [1.54, 1.807) is 20.3 Å². The van der Waals surface area contributed by atoms with Crippen LogP contribution in [0.5, 0.6) is 0 Å². The van der Waals surface area contributed by atoms with E-state index in [-0.39, 0.29) is 18.1 Å². The summed E-state index contributed by atoms with van der Waals surface area (Å²) in [5, 5.41) is 3.29. The van der Waals surface area contributed by atoms with Gasteiger partial charge in [0.1, 0.15) is 5.82 Å². The average Bonchev–Trinajstić information content (AvgIpc) is 2.30. The maximum absolute atomic E-state index is 13.1. The molecule has 1 atom stereocenters. The van der Waals surface area contributed by atoms with Gasteiger partial charge >= 0.3 is 0 Å². The SMILES string of the molecule is CCNC(c1ccc(F)cc1C)C(OC)OC. The molecule has 0 aliphatic heterocycles. The van der Waals surface area contributed by atoms with Crippen molar-refractivity contribution in [2.24, 2.45) is 0 Å². The number of hydrogen-bond donors (Lipinski definition) is 1. The van der Waals surface area contributed by atoms with Gasteiger partial charge in [-0.25, -0.2) is 4.39 Å². The van der Waals surface area contributed by atoms with Crippen LogP contribution in [-0.4, -0.2) is 27.1 Å². The number of hydrogen-bond acceptors (Lipinski definition) is 3. The third-order valence-electron chi connectivity index (χ3n) is 2.73. The minimum Gasteiger partial charge on any atom is -0.354 e. The van der Waals surface area contributed by atoms with Crippen LogP contribution in [-0.2, 0) is 9.47 Å². The number of halogens is 1. The third kappa shape index (κ3) is 3.49. The Labute approximate surface area is 102 Å². The molecule has 0 bridgehead atoms. The number of ether oxygens (including phenoxy) is 2. The molecule has 1 unspecified atom stereocenters. The van der Waals surface area contributed by atoms with E-state index < -0.39 is 0 Å². The minimum absolute atomic E-state index is 0.101. The monoisotopic (exact) mass is 241 g/mol. The van der Waals surface area contributed by atoms with Crippen LogP contribution in [0.1, 0.15) is 24.1 Å². The summed E-state index contributed by atoms with van der Waals surface area (Å²) in [5.74, 6) is -0.229. The highest BCUT2D eigenvalue weighted by Gasteiger charge is 2.23. The van der Waals surface area contributed by atoms with Crippen LogP contribution >= 0.6 is 0 Å². The third-order valence-corrected chi connectivity index (χ3v) is 2.73. The molecular weight excluding hydrogens is 221 g/mol. The topological polar surface area (TPSA) is 30.5 Å². The first kappa shape index (κ1) is 14.1. The molecule has 0 aliphatic carbocycles. The molecule has 1 aromatic carbocycles.